The summed E-state index contributed by atoms with van der Waals surface area (Å²) in [5, 5.41) is 12.1. The fourth-order valence-electron chi connectivity index (χ4n) is 3.64. The lowest BCUT2D eigenvalue weighted by Gasteiger charge is -2.17. The number of amides is 2. The summed E-state index contributed by atoms with van der Waals surface area (Å²) in [6.07, 6.45) is 2.55. The third-order valence-electron chi connectivity index (χ3n) is 5.68. The van der Waals surface area contributed by atoms with Crippen LogP contribution < -0.4 is 16.4 Å². The summed E-state index contributed by atoms with van der Waals surface area (Å²) < 4.78 is 6.81. The number of benzene rings is 1. The first-order chi connectivity index (χ1) is 16.9. The fraction of sp³-hybridized carbons (Fsp3) is 0.280. The Labute approximate surface area is 207 Å². The molecule has 0 bridgehead atoms. The second-order valence-corrected chi connectivity index (χ2v) is 9.17. The number of ether oxygens (including phenoxy) is 1. The summed E-state index contributed by atoms with van der Waals surface area (Å²) in [6.45, 7) is 4.29. The van der Waals surface area contributed by atoms with E-state index in [0.717, 1.165) is 23.1 Å². The van der Waals surface area contributed by atoms with E-state index in [2.05, 4.69) is 20.7 Å². The Morgan fingerprint density at radius 3 is 2.63 bits per heavy atom. The topological polar surface area (TPSA) is 124 Å². The Kier molecular flexibility index (Phi) is 7.42. The van der Waals surface area contributed by atoms with Gasteiger partial charge in [0.1, 0.15) is 0 Å². The first kappa shape index (κ1) is 24.4. The molecule has 2 atom stereocenters. The molecule has 4 aromatic rings. The lowest BCUT2D eigenvalue weighted by Crippen LogP contribution is -2.32. The average Bonchev–Trinajstić information content (AvgIpc) is 3.49. The molecule has 3 aromatic heterocycles. The molecule has 0 unspecified atom stereocenters. The molecule has 0 aliphatic heterocycles. The number of anilines is 1. The standard InChI is InChI=1S/C25H28N6O3S/c1-4-15(2)27-23(32)19-10-17(12-31-22(19)29-25(26)30-31)18-11-21(35-14-18)24(33)28-20(13-34-3)16-8-6-5-7-9-16/h5-12,14-15,20H,4,13H2,1-3H3,(H2,26,30)(H,27,32)(H,28,33)/t15-,20-/m0/s1. The third kappa shape index (κ3) is 5.50. The lowest BCUT2D eigenvalue weighted by molar-refractivity contribution is 0.0899. The van der Waals surface area contributed by atoms with Crippen molar-refractivity contribution in [1.82, 2.24) is 25.2 Å². The Balaban J connectivity index is 1.62. The summed E-state index contributed by atoms with van der Waals surface area (Å²) in [7, 11) is 1.60. The number of carbonyl (C=O) groups excluding carboxylic acids is 2. The maximum absolute atomic E-state index is 13.0. The fourth-order valence-corrected chi connectivity index (χ4v) is 4.46. The molecule has 1 aromatic carbocycles. The van der Waals surface area contributed by atoms with E-state index >= 15 is 0 Å². The molecular weight excluding hydrogens is 464 g/mol. The maximum atomic E-state index is 13.0. The van der Waals surface area contributed by atoms with Crippen LogP contribution in [0.15, 0.2) is 54.0 Å². The zero-order valence-electron chi connectivity index (χ0n) is 19.8. The van der Waals surface area contributed by atoms with E-state index in [-0.39, 0.29) is 29.8 Å². The number of nitrogen functional groups attached to an aromatic ring is 1. The second kappa shape index (κ2) is 10.7. The van der Waals surface area contributed by atoms with Crippen molar-refractivity contribution >= 4 is 34.7 Å². The molecule has 9 nitrogen and oxygen atoms in total. The quantitative estimate of drug-likeness (QED) is 0.327. The minimum absolute atomic E-state index is 0.00702. The Morgan fingerprint density at radius 2 is 1.91 bits per heavy atom. The molecule has 0 aliphatic carbocycles. The van der Waals surface area contributed by atoms with Gasteiger partial charge in [-0.2, -0.15) is 4.98 Å². The first-order valence-corrected chi connectivity index (χ1v) is 12.2. The predicted octanol–water partition coefficient (Wildman–Crippen LogP) is 3.69. The van der Waals surface area contributed by atoms with Gasteiger partial charge in [0.2, 0.25) is 5.95 Å². The number of hydrogen-bond donors (Lipinski definition) is 3. The maximum Gasteiger partial charge on any atom is 0.261 e. The van der Waals surface area contributed by atoms with Crippen molar-refractivity contribution in [2.45, 2.75) is 32.4 Å². The van der Waals surface area contributed by atoms with Gasteiger partial charge in [0.25, 0.3) is 11.8 Å². The van der Waals surface area contributed by atoms with Crippen LogP contribution in [-0.2, 0) is 4.74 Å². The van der Waals surface area contributed by atoms with Crippen LogP contribution in [0, 0.1) is 0 Å². The predicted molar refractivity (Wildman–Crippen MR) is 136 cm³/mol. The Morgan fingerprint density at radius 1 is 1.14 bits per heavy atom. The lowest BCUT2D eigenvalue weighted by atomic mass is 10.1. The molecule has 0 radical (unpaired) electrons. The van der Waals surface area contributed by atoms with Crippen LogP contribution in [0.5, 0.6) is 0 Å². The number of methoxy groups -OCH3 is 1. The van der Waals surface area contributed by atoms with Crippen LogP contribution in [0.25, 0.3) is 16.8 Å². The zero-order valence-corrected chi connectivity index (χ0v) is 20.6. The number of rotatable bonds is 9. The smallest absolute Gasteiger partial charge is 0.261 e. The summed E-state index contributed by atoms with van der Waals surface area (Å²) in [4.78, 5) is 30.7. The number of pyridine rings is 1. The number of carbonyl (C=O) groups is 2. The van der Waals surface area contributed by atoms with E-state index in [1.807, 2.05) is 49.6 Å². The molecule has 0 saturated heterocycles. The highest BCUT2D eigenvalue weighted by molar-refractivity contribution is 7.12. The van der Waals surface area contributed by atoms with Crippen molar-refractivity contribution in [3.63, 3.8) is 0 Å². The van der Waals surface area contributed by atoms with Gasteiger partial charge in [-0.1, -0.05) is 37.3 Å². The molecule has 0 fully saturated rings. The van der Waals surface area contributed by atoms with Crippen molar-refractivity contribution < 1.29 is 14.3 Å². The molecule has 2 amide bonds. The van der Waals surface area contributed by atoms with Crippen molar-refractivity contribution in [2.24, 2.45) is 0 Å². The van der Waals surface area contributed by atoms with E-state index in [4.69, 9.17) is 10.5 Å². The number of hydrogen-bond acceptors (Lipinski definition) is 7. The van der Waals surface area contributed by atoms with Crippen LogP contribution in [-0.4, -0.2) is 46.2 Å². The SMILES string of the molecule is CC[C@H](C)NC(=O)c1cc(-c2csc(C(=O)N[C@@H](COC)c3ccccc3)c2)cn2nc(N)nc12. The van der Waals surface area contributed by atoms with Gasteiger partial charge in [0.15, 0.2) is 5.65 Å². The molecule has 4 N–H and O–H groups in total. The average molecular weight is 493 g/mol. The number of nitrogens with one attached hydrogen (secondary N) is 2. The van der Waals surface area contributed by atoms with Crippen LogP contribution in [0.4, 0.5) is 5.95 Å². The van der Waals surface area contributed by atoms with Crippen molar-refractivity contribution in [1.29, 1.82) is 0 Å². The second-order valence-electron chi connectivity index (χ2n) is 8.26. The highest BCUT2D eigenvalue weighted by Crippen LogP contribution is 2.28. The minimum Gasteiger partial charge on any atom is -0.382 e. The van der Waals surface area contributed by atoms with Gasteiger partial charge >= 0.3 is 0 Å². The third-order valence-corrected chi connectivity index (χ3v) is 6.61. The Hall–Kier alpha value is -3.76. The molecule has 3 heterocycles. The molecule has 0 spiro atoms. The van der Waals surface area contributed by atoms with Crippen LogP contribution in [0.2, 0.25) is 0 Å². The molecule has 35 heavy (non-hydrogen) atoms. The molecule has 4 rings (SSSR count). The number of nitrogens with zero attached hydrogens (tertiary/aromatic N) is 3. The van der Waals surface area contributed by atoms with Gasteiger partial charge in [0.05, 0.1) is 23.1 Å². The van der Waals surface area contributed by atoms with E-state index in [1.165, 1.54) is 15.9 Å². The number of nitrogens with two attached hydrogens (primary N) is 1. The van der Waals surface area contributed by atoms with E-state index < -0.39 is 0 Å². The first-order valence-electron chi connectivity index (χ1n) is 11.3. The summed E-state index contributed by atoms with van der Waals surface area (Å²) in [5.41, 5.74) is 9.03. The molecular formula is C25H28N6O3S. The van der Waals surface area contributed by atoms with Crippen molar-refractivity contribution in [3.05, 3.63) is 70.0 Å². The number of thiophene rings is 1. The summed E-state index contributed by atoms with van der Waals surface area (Å²) in [5.74, 6) is -0.375. The van der Waals surface area contributed by atoms with Gasteiger partial charge in [-0.3, -0.25) is 9.59 Å². The van der Waals surface area contributed by atoms with Gasteiger partial charge in [-0.25, -0.2) is 4.52 Å². The van der Waals surface area contributed by atoms with Crippen LogP contribution in [0.3, 0.4) is 0 Å². The van der Waals surface area contributed by atoms with E-state index in [9.17, 15) is 9.59 Å². The van der Waals surface area contributed by atoms with Gasteiger partial charge in [0, 0.05) is 24.9 Å². The van der Waals surface area contributed by atoms with Crippen molar-refractivity contribution in [3.8, 4) is 11.1 Å². The summed E-state index contributed by atoms with van der Waals surface area (Å²) >= 11 is 1.32. The molecule has 182 valence electrons. The summed E-state index contributed by atoms with van der Waals surface area (Å²) in [6, 6.07) is 13.0. The molecule has 0 aliphatic rings. The van der Waals surface area contributed by atoms with Gasteiger partial charge in [-0.05, 0) is 42.0 Å². The highest BCUT2D eigenvalue weighted by atomic mass is 32.1. The van der Waals surface area contributed by atoms with E-state index in [0.29, 0.717) is 22.7 Å². The van der Waals surface area contributed by atoms with Crippen LogP contribution >= 0.6 is 11.3 Å². The largest absolute Gasteiger partial charge is 0.382 e. The Bertz CT molecular complexity index is 1330. The molecule has 10 heteroatoms. The highest BCUT2D eigenvalue weighted by Gasteiger charge is 2.20. The molecule has 0 saturated carbocycles. The van der Waals surface area contributed by atoms with Crippen molar-refractivity contribution in [2.75, 3.05) is 19.5 Å². The zero-order chi connectivity index (χ0) is 24.9. The van der Waals surface area contributed by atoms with Crippen LogP contribution in [0.1, 0.15) is 51.9 Å². The van der Waals surface area contributed by atoms with E-state index in [1.54, 1.807) is 25.4 Å². The number of fused-ring (bicyclic) bond motifs is 1. The van der Waals surface area contributed by atoms with Gasteiger partial charge in [-0.15, -0.1) is 16.4 Å². The number of aromatic nitrogens is 3. The minimum atomic E-state index is -0.274. The van der Waals surface area contributed by atoms with Gasteiger partial charge < -0.3 is 21.1 Å². The normalized spacial score (nSPS) is 12.9. The monoisotopic (exact) mass is 492 g/mol.